The molecule has 1 aliphatic heterocycles. The van der Waals surface area contributed by atoms with E-state index >= 15 is 0 Å². The standard InChI is InChI=1S/C32H32N4/c1-4-10-26(11-5-1)31(27-12-6-2-7-13-27)32-33-29-17-16-25(24-30(29)34-32)18-19-35-20-22-36(23-21-35)28-14-8-3-9-15-28/h1-17,24,31H,18-23H2,(H,33,34). The van der Waals surface area contributed by atoms with Gasteiger partial charge in [0.15, 0.2) is 0 Å². The third kappa shape index (κ3) is 4.91. The van der Waals surface area contributed by atoms with E-state index in [1.165, 1.54) is 22.4 Å². The number of piperazine rings is 1. The Balaban J connectivity index is 1.16. The van der Waals surface area contributed by atoms with Crippen LogP contribution in [-0.2, 0) is 6.42 Å². The number of imidazole rings is 1. The number of nitrogens with one attached hydrogen (secondary N) is 1. The van der Waals surface area contributed by atoms with Gasteiger partial charge in [-0.05, 0) is 47.4 Å². The summed E-state index contributed by atoms with van der Waals surface area (Å²) in [4.78, 5) is 13.8. The van der Waals surface area contributed by atoms with E-state index in [0.717, 1.165) is 56.0 Å². The average molecular weight is 473 g/mol. The summed E-state index contributed by atoms with van der Waals surface area (Å²) < 4.78 is 0. The minimum Gasteiger partial charge on any atom is -0.369 e. The van der Waals surface area contributed by atoms with Crippen LogP contribution in [0.15, 0.2) is 109 Å². The molecule has 0 amide bonds. The molecule has 6 rings (SSSR count). The fourth-order valence-electron chi connectivity index (χ4n) is 5.32. The molecule has 4 nitrogen and oxygen atoms in total. The normalized spacial score (nSPS) is 14.5. The van der Waals surface area contributed by atoms with Crippen LogP contribution in [0.2, 0.25) is 0 Å². The molecular formula is C32H32N4. The maximum Gasteiger partial charge on any atom is 0.119 e. The number of para-hydroxylation sites is 1. The molecule has 1 N–H and O–H groups in total. The van der Waals surface area contributed by atoms with Crippen LogP contribution in [0.1, 0.15) is 28.4 Å². The minimum atomic E-state index is 0.0872. The number of aromatic amines is 1. The lowest BCUT2D eigenvalue weighted by Gasteiger charge is -2.36. The molecule has 1 aromatic heterocycles. The lowest BCUT2D eigenvalue weighted by atomic mass is 9.91. The maximum atomic E-state index is 5.02. The zero-order chi connectivity index (χ0) is 24.2. The summed E-state index contributed by atoms with van der Waals surface area (Å²) >= 11 is 0. The van der Waals surface area contributed by atoms with Gasteiger partial charge in [0.25, 0.3) is 0 Å². The highest BCUT2D eigenvalue weighted by Gasteiger charge is 2.21. The summed E-state index contributed by atoms with van der Waals surface area (Å²) in [5.41, 5.74) is 7.34. The first-order valence-electron chi connectivity index (χ1n) is 12.9. The molecule has 0 unspecified atom stereocenters. The summed E-state index contributed by atoms with van der Waals surface area (Å²) in [6.45, 7) is 5.49. The van der Waals surface area contributed by atoms with Crippen LogP contribution >= 0.6 is 0 Å². The van der Waals surface area contributed by atoms with E-state index in [1.54, 1.807) is 0 Å². The van der Waals surface area contributed by atoms with Gasteiger partial charge in [-0.25, -0.2) is 4.98 Å². The highest BCUT2D eigenvalue weighted by atomic mass is 15.3. The van der Waals surface area contributed by atoms with Gasteiger partial charge in [0, 0.05) is 38.4 Å². The zero-order valence-corrected chi connectivity index (χ0v) is 20.6. The number of aromatic nitrogens is 2. The van der Waals surface area contributed by atoms with E-state index in [4.69, 9.17) is 4.98 Å². The molecule has 0 radical (unpaired) electrons. The molecule has 4 heteroatoms. The second-order valence-corrected chi connectivity index (χ2v) is 9.64. The third-order valence-corrected chi connectivity index (χ3v) is 7.31. The van der Waals surface area contributed by atoms with Gasteiger partial charge < -0.3 is 9.88 Å². The van der Waals surface area contributed by atoms with Gasteiger partial charge in [-0.1, -0.05) is 84.9 Å². The van der Waals surface area contributed by atoms with Gasteiger partial charge in [0.05, 0.1) is 17.0 Å². The van der Waals surface area contributed by atoms with Crippen LogP contribution in [0, 0.1) is 0 Å². The molecule has 0 aliphatic carbocycles. The zero-order valence-electron chi connectivity index (χ0n) is 20.6. The van der Waals surface area contributed by atoms with Crippen molar-refractivity contribution in [2.45, 2.75) is 12.3 Å². The lowest BCUT2D eigenvalue weighted by molar-refractivity contribution is 0.261. The molecule has 0 atom stereocenters. The number of H-pyrrole nitrogens is 1. The predicted octanol–water partition coefficient (Wildman–Crippen LogP) is 6.11. The van der Waals surface area contributed by atoms with Crippen LogP contribution in [0.3, 0.4) is 0 Å². The Labute approximate surface area is 213 Å². The second-order valence-electron chi connectivity index (χ2n) is 9.64. The van der Waals surface area contributed by atoms with Crippen LogP contribution in [-0.4, -0.2) is 47.6 Å². The van der Waals surface area contributed by atoms with Gasteiger partial charge in [0.2, 0.25) is 0 Å². The molecule has 2 heterocycles. The van der Waals surface area contributed by atoms with Crippen molar-refractivity contribution in [1.29, 1.82) is 0 Å². The fourth-order valence-corrected chi connectivity index (χ4v) is 5.32. The quantitative estimate of drug-likeness (QED) is 0.310. The topological polar surface area (TPSA) is 35.2 Å². The number of hydrogen-bond acceptors (Lipinski definition) is 3. The molecule has 0 saturated carbocycles. The van der Waals surface area contributed by atoms with Crippen molar-refractivity contribution in [2.75, 3.05) is 37.6 Å². The number of benzene rings is 4. The number of fused-ring (bicyclic) bond motifs is 1. The van der Waals surface area contributed by atoms with Crippen LogP contribution in [0.5, 0.6) is 0 Å². The maximum absolute atomic E-state index is 5.02. The van der Waals surface area contributed by atoms with Crippen molar-refractivity contribution in [3.63, 3.8) is 0 Å². The molecule has 1 aliphatic rings. The SMILES string of the molecule is c1ccc(C(c2ccccc2)c2nc3ccc(CCN4CCN(c5ccccc5)CC4)cc3[nH]2)cc1. The van der Waals surface area contributed by atoms with Crippen LogP contribution in [0.4, 0.5) is 5.69 Å². The first-order chi connectivity index (χ1) is 17.8. The Morgan fingerprint density at radius 3 is 1.94 bits per heavy atom. The molecule has 5 aromatic rings. The molecular weight excluding hydrogens is 440 g/mol. The average Bonchev–Trinajstić information content (AvgIpc) is 3.37. The number of rotatable bonds is 7. The molecule has 1 saturated heterocycles. The monoisotopic (exact) mass is 472 g/mol. The van der Waals surface area contributed by atoms with E-state index in [-0.39, 0.29) is 5.92 Å². The second kappa shape index (κ2) is 10.4. The van der Waals surface area contributed by atoms with Gasteiger partial charge in [0.1, 0.15) is 5.82 Å². The van der Waals surface area contributed by atoms with Crippen LogP contribution < -0.4 is 4.90 Å². The smallest absolute Gasteiger partial charge is 0.119 e. The molecule has 4 aromatic carbocycles. The third-order valence-electron chi connectivity index (χ3n) is 7.31. The summed E-state index contributed by atoms with van der Waals surface area (Å²) in [7, 11) is 0. The van der Waals surface area contributed by atoms with E-state index in [9.17, 15) is 0 Å². The Kier molecular flexibility index (Phi) is 6.51. The summed E-state index contributed by atoms with van der Waals surface area (Å²) in [5, 5.41) is 0. The first kappa shape index (κ1) is 22.6. The minimum absolute atomic E-state index is 0.0872. The van der Waals surface area contributed by atoms with Crippen molar-refractivity contribution < 1.29 is 0 Å². The molecule has 36 heavy (non-hydrogen) atoms. The summed E-state index contributed by atoms with van der Waals surface area (Å²) in [5.74, 6) is 1.08. The molecule has 0 spiro atoms. The summed E-state index contributed by atoms with van der Waals surface area (Å²) in [6, 6.07) is 38.8. The molecule has 0 bridgehead atoms. The fraction of sp³-hybridized carbons (Fsp3) is 0.219. The van der Waals surface area contributed by atoms with Crippen molar-refractivity contribution in [1.82, 2.24) is 14.9 Å². The van der Waals surface area contributed by atoms with Gasteiger partial charge in [-0.15, -0.1) is 0 Å². The lowest BCUT2D eigenvalue weighted by Crippen LogP contribution is -2.46. The Bertz CT molecular complexity index is 1350. The van der Waals surface area contributed by atoms with E-state index < -0.39 is 0 Å². The first-order valence-corrected chi connectivity index (χ1v) is 12.9. The Morgan fingerprint density at radius 1 is 0.694 bits per heavy atom. The molecule has 180 valence electrons. The Hall–Kier alpha value is -3.89. The highest BCUT2D eigenvalue weighted by molar-refractivity contribution is 5.76. The number of nitrogens with zero attached hydrogens (tertiary/aromatic N) is 3. The highest BCUT2D eigenvalue weighted by Crippen LogP contribution is 2.31. The van der Waals surface area contributed by atoms with Gasteiger partial charge in [-0.2, -0.15) is 0 Å². The van der Waals surface area contributed by atoms with E-state index in [2.05, 4.69) is 124 Å². The van der Waals surface area contributed by atoms with Crippen molar-refractivity contribution in [3.05, 3.63) is 132 Å². The van der Waals surface area contributed by atoms with Gasteiger partial charge >= 0.3 is 0 Å². The number of anilines is 1. The Morgan fingerprint density at radius 2 is 1.31 bits per heavy atom. The van der Waals surface area contributed by atoms with Crippen LogP contribution in [0.25, 0.3) is 11.0 Å². The van der Waals surface area contributed by atoms with Crippen molar-refractivity contribution in [2.24, 2.45) is 0 Å². The summed E-state index contributed by atoms with van der Waals surface area (Å²) in [6.07, 6.45) is 1.05. The van der Waals surface area contributed by atoms with E-state index in [0.29, 0.717) is 0 Å². The van der Waals surface area contributed by atoms with Crippen molar-refractivity contribution in [3.8, 4) is 0 Å². The molecule has 1 fully saturated rings. The predicted molar refractivity (Wildman–Crippen MR) is 149 cm³/mol. The largest absolute Gasteiger partial charge is 0.369 e. The van der Waals surface area contributed by atoms with E-state index in [1.807, 2.05) is 0 Å². The number of hydrogen-bond donors (Lipinski definition) is 1. The van der Waals surface area contributed by atoms with Crippen molar-refractivity contribution >= 4 is 16.7 Å². The van der Waals surface area contributed by atoms with Gasteiger partial charge in [-0.3, -0.25) is 4.90 Å².